The van der Waals surface area contributed by atoms with Gasteiger partial charge < -0.3 is 16.0 Å². The molecule has 1 aliphatic heterocycles. The Kier molecular flexibility index (Phi) is 8.06. The van der Waals surface area contributed by atoms with Gasteiger partial charge in [-0.25, -0.2) is 0 Å². The van der Waals surface area contributed by atoms with Gasteiger partial charge in [0.15, 0.2) is 0 Å². The SMILES string of the molecule is CC(C)C(N)CCN(C)C(=O)c1ccc2c(c1)NC(=O)CCS2.Cl. The summed E-state index contributed by atoms with van der Waals surface area (Å²) in [6, 6.07) is 5.59. The zero-order valence-electron chi connectivity index (χ0n) is 14.4. The molecule has 0 saturated heterocycles. The van der Waals surface area contributed by atoms with Crippen LogP contribution in [0.15, 0.2) is 23.1 Å². The molecular formula is C17H26ClN3O2S. The Morgan fingerprint density at radius 2 is 2.12 bits per heavy atom. The number of thioether (sulfide) groups is 1. The normalized spacial score (nSPS) is 15.0. The lowest BCUT2D eigenvalue weighted by atomic mass is 10.0. The lowest BCUT2D eigenvalue weighted by molar-refractivity contribution is -0.115. The van der Waals surface area contributed by atoms with Crippen LogP contribution in [0.25, 0.3) is 0 Å². The molecule has 24 heavy (non-hydrogen) atoms. The van der Waals surface area contributed by atoms with E-state index in [4.69, 9.17) is 5.73 Å². The van der Waals surface area contributed by atoms with Gasteiger partial charge in [-0.15, -0.1) is 24.2 Å². The summed E-state index contributed by atoms with van der Waals surface area (Å²) in [5.74, 6) is 1.11. The number of nitrogens with two attached hydrogens (primary N) is 1. The fourth-order valence-corrected chi connectivity index (χ4v) is 3.29. The molecule has 0 spiro atoms. The third-order valence-electron chi connectivity index (χ3n) is 4.09. The number of hydrogen-bond acceptors (Lipinski definition) is 4. The van der Waals surface area contributed by atoms with Crippen molar-refractivity contribution in [3.05, 3.63) is 23.8 Å². The fourth-order valence-electron chi connectivity index (χ4n) is 2.35. The average molecular weight is 372 g/mol. The number of rotatable bonds is 5. The van der Waals surface area contributed by atoms with Gasteiger partial charge in [0.1, 0.15) is 0 Å². The largest absolute Gasteiger partial charge is 0.342 e. The summed E-state index contributed by atoms with van der Waals surface area (Å²) < 4.78 is 0. The van der Waals surface area contributed by atoms with Crippen molar-refractivity contribution >= 4 is 41.7 Å². The van der Waals surface area contributed by atoms with E-state index in [9.17, 15) is 9.59 Å². The standard InChI is InChI=1S/C17H25N3O2S.ClH/c1-11(2)13(18)6-8-20(3)17(22)12-4-5-15-14(10-12)19-16(21)7-9-23-15;/h4-5,10-11,13H,6-9,18H2,1-3H3,(H,19,21);1H. The maximum Gasteiger partial charge on any atom is 0.253 e. The number of fused-ring (bicyclic) bond motifs is 1. The van der Waals surface area contributed by atoms with Crippen LogP contribution in [0, 0.1) is 5.92 Å². The van der Waals surface area contributed by atoms with E-state index in [0.29, 0.717) is 24.4 Å². The minimum atomic E-state index is -0.0488. The Balaban J connectivity index is 0.00000288. The average Bonchev–Trinajstić information content (AvgIpc) is 2.70. The molecule has 3 N–H and O–H groups in total. The number of carbonyl (C=O) groups is 2. The van der Waals surface area contributed by atoms with Crippen LogP contribution in [0.2, 0.25) is 0 Å². The second kappa shape index (κ2) is 9.30. The van der Waals surface area contributed by atoms with Gasteiger partial charge in [-0.2, -0.15) is 0 Å². The van der Waals surface area contributed by atoms with Crippen LogP contribution in [0.3, 0.4) is 0 Å². The van der Waals surface area contributed by atoms with Crippen molar-refractivity contribution in [2.24, 2.45) is 11.7 Å². The van der Waals surface area contributed by atoms with Crippen LogP contribution >= 0.6 is 24.2 Å². The number of hydrogen-bond donors (Lipinski definition) is 2. The molecule has 0 radical (unpaired) electrons. The maximum absolute atomic E-state index is 12.5. The molecule has 0 saturated carbocycles. The molecule has 0 fully saturated rings. The molecule has 7 heteroatoms. The third kappa shape index (κ3) is 5.40. The number of nitrogens with one attached hydrogen (secondary N) is 1. The Morgan fingerprint density at radius 3 is 2.79 bits per heavy atom. The highest BCUT2D eigenvalue weighted by atomic mass is 35.5. The van der Waals surface area contributed by atoms with E-state index >= 15 is 0 Å². The topological polar surface area (TPSA) is 75.4 Å². The van der Waals surface area contributed by atoms with E-state index in [1.165, 1.54) is 0 Å². The minimum Gasteiger partial charge on any atom is -0.342 e. The van der Waals surface area contributed by atoms with Crippen molar-refractivity contribution in [1.29, 1.82) is 0 Å². The first-order chi connectivity index (χ1) is 10.9. The Hall–Kier alpha value is -1.24. The lowest BCUT2D eigenvalue weighted by Gasteiger charge is -2.22. The van der Waals surface area contributed by atoms with Crippen molar-refractivity contribution in [2.75, 3.05) is 24.7 Å². The fraction of sp³-hybridized carbons (Fsp3) is 0.529. The van der Waals surface area contributed by atoms with E-state index < -0.39 is 0 Å². The summed E-state index contributed by atoms with van der Waals surface area (Å²) in [4.78, 5) is 26.9. The highest BCUT2D eigenvalue weighted by Gasteiger charge is 2.18. The molecular weight excluding hydrogens is 346 g/mol. The summed E-state index contributed by atoms with van der Waals surface area (Å²) in [6.07, 6.45) is 1.27. The highest BCUT2D eigenvalue weighted by molar-refractivity contribution is 7.99. The van der Waals surface area contributed by atoms with Gasteiger partial charge in [0.05, 0.1) is 5.69 Å². The lowest BCUT2D eigenvalue weighted by Crippen LogP contribution is -2.34. The number of nitrogens with zero attached hydrogens (tertiary/aromatic N) is 1. The van der Waals surface area contributed by atoms with E-state index in [2.05, 4.69) is 19.2 Å². The van der Waals surface area contributed by atoms with E-state index in [-0.39, 0.29) is 30.3 Å². The molecule has 1 atom stereocenters. The molecule has 1 aromatic rings. The zero-order valence-corrected chi connectivity index (χ0v) is 16.0. The van der Waals surface area contributed by atoms with Crippen LogP contribution in [0.5, 0.6) is 0 Å². The summed E-state index contributed by atoms with van der Waals surface area (Å²) in [6.45, 7) is 4.79. The molecule has 134 valence electrons. The number of carbonyl (C=O) groups excluding carboxylic acids is 2. The Labute approximate surface area is 154 Å². The molecule has 1 aromatic carbocycles. The van der Waals surface area contributed by atoms with Crippen molar-refractivity contribution in [3.8, 4) is 0 Å². The van der Waals surface area contributed by atoms with Crippen LogP contribution in [-0.2, 0) is 4.79 Å². The van der Waals surface area contributed by atoms with Gasteiger partial charge in [0.25, 0.3) is 5.91 Å². The quantitative estimate of drug-likeness (QED) is 0.834. The Bertz CT molecular complexity index is 595. The Morgan fingerprint density at radius 1 is 1.42 bits per heavy atom. The van der Waals surface area contributed by atoms with Crippen LogP contribution in [0.1, 0.15) is 37.0 Å². The van der Waals surface area contributed by atoms with Gasteiger partial charge in [-0.1, -0.05) is 13.8 Å². The molecule has 1 unspecified atom stereocenters. The van der Waals surface area contributed by atoms with Crippen molar-refractivity contribution in [3.63, 3.8) is 0 Å². The smallest absolute Gasteiger partial charge is 0.253 e. The number of amides is 2. The molecule has 2 rings (SSSR count). The second-order valence-corrected chi connectivity index (χ2v) is 7.42. The summed E-state index contributed by atoms with van der Waals surface area (Å²) in [5.41, 5.74) is 7.36. The van der Waals surface area contributed by atoms with Crippen molar-refractivity contribution in [2.45, 2.75) is 37.6 Å². The first-order valence-electron chi connectivity index (χ1n) is 7.96. The van der Waals surface area contributed by atoms with Gasteiger partial charge in [0, 0.05) is 42.3 Å². The van der Waals surface area contributed by atoms with Crippen molar-refractivity contribution in [1.82, 2.24) is 4.90 Å². The molecule has 1 heterocycles. The molecule has 5 nitrogen and oxygen atoms in total. The molecule has 0 bridgehead atoms. The van der Waals surface area contributed by atoms with Crippen LogP contribution < -0.4 is 11.1 Å². The first-order valence-corrected chi connectivity index (χ1v) is 8.94. The minimum absolute atomic E-state index is 0. The van der Waals surface area contributed by atoms with E-state index in [1.807, 2.05) is 12.1 Å². The highest BCUT2D eigenvalue weighted by Crippen LogP contribution is 2.31. The monoisotopic (exact) mass is 371 g/mol. The van der Waals surface area contributed by atoms with Crippen molar-refractivity contribution < 1.29 is 9.59 Å². The van der Waals surface area contributed by atoms with Gasteiger partial charge >= 0.3 is 0 Å². The second-order valence-electron chi connectivity index (χ2n) is 6.28. The predicted octanol–water partition coefficient (Wildman–Crippen LogP) is 2.99. The van der Waals surface area contributed by atoms with E-state index in [1.54, 1.807) is 29.8 Å². The molecule has 2 amide bonds. The summed E-state index contributed by atoms with van der Waals surface area (Å²) >= 11 is 1.63. The van der Waals surface area contributed by atoms with Gasteiger partial charge in [-0.05, 0) is 30.5 Å². The molecule has 0 aliphatic carbocycles. The molecule has 0 aromatic heterocycles. The van der Waals surface area contributed by atoms with Crippen LogP contribution in [-0.4, -0.2) is 42.1 Å². The number of anilines is 1. The first kappa shape index (κ1) is 20.8. The maximum atomic E-state index is 12.5. The number of benzene rings is 1. The van der Waals surface area contributed by atoms with Gasteiger partial charge in [0.2, 0.25) is 5.91 Å². The third-order valence-corrected chi connectivity index (χ3v) is 5.16. The number of halogens is 1. The van der Waals surface area contributed by atoms with Crippen LogP contribution in [0.4, 0.5) is 5.69 Å². The van der Waals surface area contributed by atoms with Gasteiger partial charge in [-0.3, -0.25) is 9.59 Å². The molecule has 1 aliphatic rings. The zero-order chi connectivity index (χ0) is 17.0. The summed E-state index contributed by atoms with van der Waals surface area (Å²) in [7, 11) is 1.79. The summed E-state index contributed by atoms with van der Waals surface area (Å²) in [5, 5.41) is 2.87. The van der Waals surface area contributed by atoms with E-state index in [0.717, 1.165) is 22.8 Å². The predicted molar refractivity (Wildman–Crippen MR) is 102 cm³/mol.